The van der Waals surface area contributed by atoms with Crippen molar-refractivity contribution in [3.63, 3.8) is 0 Å². The minimum Gasteiger partial charge on any atom is -0.311 e. The van der Waals surface area contributed by atoms with Gasteiger partial charge in [-0.1, -0.05) is 42.4 Å². The van der Waals surface area contributed by atoms with E-state index in [2.05, 4.69) is 82.6 Å². The molecular formula is C38H27BN2S. The van der Waals surface area contributed by atoms with Crippen molar-refractivity contribution >= 4 is 78.0 Å². The van der Waals surface area contributed by atoms with Gasteiger partial charge in [-0.3, -0.25) is 0 Å². The highest BCUT2D eigenvalue weighted by atomic mass is 32.1. The maximum Gasteiger partial charge on any atom is 0.254 e. The van der Waals surface area contributed by atoms with Gasteiger partial charge in [0.2, 0.25) is 0 Å². The molecule has 11 rings (SSSR count). The Morgan fingerprint density at radius 3 is 1.90 bits per heavy atom. The second kappa shape index (κ2) is 7.76. The Morgan fingerprint density at radius 1 is 0.595 bits per heavy atom. The van der Waals surface area contributed by atoms with E-state index in [1.807, 2.05) is 0 Å². The van der Waals surface area contributed by atoms with E-state index in [9.17, 15) is 4.11 Å². The third-order valence-electron chi connectivity index (χ3n) is 10.5. The largest absolute Gasteiger partial charge is 0.311 e. The zero-order valence-corrected chi connectivity index (χ0v) is 23.9. The lowest BCUT2D eigenvalue weighted by molar-refractivity contribution is 0.837. The molecule has 0 bridgehead atoms. The summed E-state index contributed by atoms with van der Waals surface area (Å²) in [5.41, 5.74) is 16.6. The molecule has 0 saturated heterocycles. The van der Waals surface area contributed by atoms with E-state index in [0.29, 0.717) is 0 Å². The van der Waals surface area contributed by atoms with Crippen LogP contribution in [0.3, 0.4) is 0 Å². The zero-order valence-electron chi connectivity index (χ0n) is 26.1. The molecule has 0 unspecified atom stereocenters. The van der Waals surface area contributed by atoms with Crippen molar-refractivity contribution in [2.45, 2.75) is 38.5 Å². The molecular weight excluding hydrogens is 527 g/mol. The molecule has 1 aromatic heterocycles. The van der Waals surface area contributed by atoms with Crippen LogP contribution in [0.1, 0.15) is 37.5 Å². The Hall–Kier alpha value is -4.28. The van der Waals surface area contributed by atoms with Gasteiger partial charge in [-0.25, -0.2) is 0 Å². The molecule has 0 spiro atoms. The molecule has 0 atom stereocenters. The Bertz CT molecular complexity index is 2360. The molecule has 42 heavy (non-hydrogen) atoms. The van der Waals surface area contributed by atoms with E-state index in [4.69, 9.17) is 0 Å². The van der Waals surface area contributed by atoms with E-state index >= 15 is 0 Å². The monoisotopic (exact) mass is 557 g/mol. The van der Waals surface area contributed by atoms with Crippen LogP contribution in [-0.4, -0.2) is 6.71 Å². The standard InChI is InChI=1S/C38H27BN2S/c1-2-7-35-30(4-1)36-38(42-35)41(29-17-15-23-9-11-25(23)19-29)33-6-3-5-32-37(33)39(36)31-20-26-12-13-27(26)21-34(31)40(32)28-16-14-22-8-10-24(22)18-28/h1-7,14-21H,8-13H2/i3D,5D,6D. The minimum atomic E-state index is -0.123. The highest BCUT2D eigenvalue weighted by molar-refractivity contribution is 7.26. The summed E-state index contributed by atoms with van der Waals surface area (Å²) in [6.07, 6.45) is 6.55. The average Bonchev–Trinajstić information content (AvgIpc) is 3.39. The van der Waals surface area contributed by atoms with Gasteiger partial charge < -0.3 is 9.80 Å². The van der Waals surface area contributed by atoms with Gasteiger partial charge in [0, 0.05) is 33.1 Å². The van der Waals surface area contributed by atoms with Gasteiger partial charge in [-0.2, -0.15) is 0 Å². The van der Waals surface area contributed by atoms with Crippen LogP contribution in [0.2, 0.25) is 0 Å². The second-order valence-electron chi connectivity index (χ2n) is 12.5. The van der Waals surface area contributed by atoms with Crippen molar-refractivity contribution in [3.05, 3.63) is 124 Å². The Morgan fingerprint density at radius 2 is 1.21 bits per heavy atom. The Balaban J connectivity index is 1.30. The molecule has 0 saturated carbocycles. The number of thiophene rings is 1. The molecule has 5 aliphatic rings. The maximum atomic E-state index is 9.53. The molecule has 198 valence electrons. The first-order valence-electron chi connectivity index (χ1n) is 16.7. The summed E-state index contributed by atoms with van der Waals surface area (Å²) in [7, 11) is 0. The predicted octanol–water partition coefficient (Wildman–Crippen LogP) is 7.28. The maximum absolute atomic E-state index is 9.53. The number of anilines is 6. The van der Waals surface area contributed by atoms with Crippen molar-refractivity contribution in [1.29, 1.82) is 0 Å². The van der Waals surface area contributed by atoms with Crippen LogP contribution in [-0.2, 0) is 38.5 Å². The van der Waals surface area contributed by atoms with Gasteiger partial charge in [0.1, 0.15) is 0 Å². The number of fused-ring (bicyclic) bond motifs is 9. The molecule has 3 heterocycles. The fourth-order valence-corrected chi connectivity index (χ4v) is 9.30. The fraction of sp³-hybridized carbons (Fsp3) is 0.158. The van der Waals surface area contributed by atoms with E-state index in [1.54, 1.807) is 11.3 Å². The summed E-state index contributed by atoms with van der Waals surface area (Å²) < 4.78 is 29.5. The van der Waals surface area contributed by atoms with Crippen molar-refractivity contribution in [3.8, 4) is 0 Å². The summed E-state index contributed by atoms with van der Waals surface area (Å²) in [6, 6.07) is 27.3. The summed E-state index contributed by atoms with van der Waals surface area (Å²) in [4.78, 5) is 4.55. The first-order chi connectivity index (χ1) is 22.0. The second-order valence-corrected chi connectivity index (χ2v) is 13.5. The minimum absolute atomic E-state index is 0.0117. The fourth-order valence-electron chi connectivity index (χ4n) is 8.03. The van der Waals surface area contributed by atoms with Crippen LogP contribution in [0.25, 0.3) is 10.1 Å². The van der Waals surface area contributed by atoms with Gasteiger partial charge in [0.25, 0.3) is 6.71 Å². The van der Waals surface area contributed by atoms with Gasteiger partial charge in [0.15, 0.2) is 0 Å². The van der Waals surface area contributed by atoms with E-state index in [-0.39, 0.29) is 24.8 Å². The number of hydrogen-bond donors (Lipinski definition) is 0. The molecule has 0 fully saturated rings. The summed E-state index contributed by atoms with van der Waals surface area (Å²) in [5.74, 6) is 0. The van der Waals surface area contributed by atoms with Gasteiger partial charge >= 0.3 is 0 Å². The first kappa shape index (κ1) is 19.8. The van der Waals surface area contributed by atoms with Crippen LogP contribution in [0.5, 0.6) is 0 Å². The van der Waals surface area contributed by atoms with Crippen molar-refractivity contribution in [1.82, 2.24) is 0 Å². The normalized spacial score (nSPS) is 17.3. The van der Waals surface area contributed by atoms with Gasteiger partial charge in [0.05, 0.1) is 9.11 Å². The van der Waals surface area contributed by atoms with Crippen molar-refractivity contribution in [2.75, 3.05) is 9.80 Å². The quantitative estimate of drug-likeness (QED) is 0.206. The molecule has 5 aromatic carbocycles. The average molecular weight is 558 g/mol. The van der Waals surface area contributed by atoms with E-state index in [1.165, 1.54) is 54.4 Å². The predicted molar refractivity (Wildman–Crippen MR) is 178 cm³/mol. The molecule has 0 amide bonds. The highest BCUT2D eigenvalue weighted by Crippen LogP contribution is 2.49. The number of hydrogen-bond acceptors (Lipinski definition) is 3. The molecule has 0 N–H and O–H groups in total. The SMILES string of the molecule is [2H]c1c([2H])c2c3c(c1[2H])N(c1ccc4c(c1)CC4)c1sc4ccccc4c1B3c1cc3c(cc1N2c1ccc2c(c1)CC2)CC3. The number of aryl methyl sites for hydroxylation is 6. The van der Waals surface area contributed by atoms with E-state index in [0.717, 1.165) is 77.4 Å². The topological polar surface area (TPSA) is 6.48 Å². The van der Waals surface area contributed by atoms with Crippen LogP contribution in [0, 0.1) is 0 Å². The molecule has 0 radical (unpaired) electrons. The number of nitrogens with zero attached hydrogens (tertiary/aromatic N) is 2. The third-order valence-corrected chi connectivity index (χ3v) is 11.7. The summed E-state index contributed by atoms with van der Waals surface area (Å²) >= 11 is 1.79. The van der Waals surface area contributed by atoms with Gasteiger partial charge in [-0.05, 0) is 142 Å². The Kier molecular flexibility index (Phi) is 3.65. The third kappa shape index (κ3) is 2.73. The summed E-state index contributed by atoms with van der Waals surface area (Å²) in [5, 5.41) is 2.37. The van der Waals surface area contributed by atoms with Crippen molar-refractivity contribution in [2.24, 2.45) is 0 Å². The van der Waals surface area contributed by atoms with Crippen LogP contribution < -0.4 is 26.2 Å². The summed E-state index contributed by atoms with van der Waals surface area (Å²) in [6.45, 7) is -0.123. The zero-order chi connectivity index (χ0) is 29.7. The van der Waals surface area contributed by atoms with E-state index < -0.39 is 0 Å². The Labute approximate surface area is 254 Å². The lowest BCUT2D eigenvalue weighted by Crippen LogP contribution is -2.61. The van der Waals surface area contributed by atoms with Crippen molar-refractivity contribution < 1.29 is 4.11 Å². The molecule has 2 aliphatic heterocycles. The van der Waals surface area contributed by atoms with Crippen LogP contribution in [0.4, 0.5) is 33.4 Å². The van der Waals surface area contributed by atoms with Crippen LogP contribution in [0.15, 0.2) is 90.9 Å². The molecule has 4 heteroatoms. The van der Waals surface area contributed by atoms with Crippen LogP contribution >= 0.6 is 11.3 Å². The highest BCUT2D eigenvalue weighted by Gasteiger charge is 2.45. The smallest absolute Gasteiger partial charge is 0.254 e. The molecule has 2 nitrogen and oxygen atoms in total. The lowest BCUT2D eigenvalue weighted by Gasteiger charge is -2.44. The van der Waals surface area contributed by atoms with Gasteiger partial charge in [-0.15, -0.1) is 11.3 Å². The number of benzene rings is 5. The molecule has 6 aromatic rings. The molecule has 3 aliphatic carbocycles. The first-order valence-corrected chi connectivity index (χ1v) is 16.0. The number of rotatable bonds is 2. The lowest BCUT2D eigenvalue weighted by atomic mass is 9.33.